The zero-order chi connectivity index (χ0) is 21.3. The van der Waals surface area contributed by atoms with Crippen LogP contribution in [0.25, 0.3) is 11.4 Å². The second-order valence-electron chi connectivity index (χ2n) is 6.94. The fourth-order valence-electron chi connectivity index (χ4n) is 3.46. The molecule has 2 aromatic carbocycles. The van der Waals surface area contributed by atoms with E-state index in [1.165, 1.54) is 18.2 Å². The number of rotatable bonds is 6. The van der Waals surface area contributed by atoms with E-state index in [1.807, 2.05) is 12.1 Å². The van der Waals surface area contributed by atoms with Crippen LogP contribution in [0.15, 0.2) is 40.9 Å². The topological polar surface area (TPSA) is 77.7 Å². The van der Waals surface area contributed by atoms with Crippen molar-refractivity contribution in [1.82, 2.24) is 15.0 Å². The predicted molar refractivity (Wildman–Crippen MR) is 107 cm³/mol. The van der Waals surface area contributed by atoms with E-state index < -0.39 is 5.82 Å². The van der Waals surface area contributed by atoms with Crippen molar-refractivity contribution < 1.29 is 23.2 Å². The molecule has 1 amide bonds. The van der Waals surface area contributed by atoms with Gasteiger partial charge in [-0.15, -0.1) is 0 Å². The minimum atomic E-state index is -0.519. The van der Waals surface area contributed by atoms with Crippen molar-refractivity contribution in [3.05, 3.63) is 58.7 Å². The van der Waals surface area contributed by atoms with Gasteiger partial charge in [-0.3, -0.25) is 4.79 Å². The fraction of sp³-hybridized carbons (Fsp3) is 0.286. The molecule has 0 radical (unpaired) electrons. The Balaban J connectivity index is 1.50. The molecule has 0 aliphatic carbocycles. The number of ether oxygens (including phenoxy) is 2. The Kier molecular flexibility index (Phi) is 5.59. The number of likely N-dealkylation sites (tertiary alicyclic amines) is 1. The zero-order valence-corrected chi connectivity index (χ0v) is 17.1. The summed E-state index contributed by atoms with van der Waals surface area (Å²) in [5.41, 5.74) is 1.39. The molecule has 1 aromatic heterocycles. The largest absolute Gasteiger partial charge is 0.497 e. The Labute approximate surface area is 177 Å². The van der Waals surface area contributed by atoms with Gasteiger partial charge < -0.3 is 18.9 Å². The number of hydrogen-bond acceptors (Lipinski definition) is 6. The van der Waals surface area contributed by atoms with Gasteiger partial charge in [-0.1, -0.05) is 16.8 Å². The molecular formula is C21H19ClFN3O4. The van der Waals surface area contributed by atoms with Gasteiger partial charge in [0.1, 0.15) is 17.3 Å². The van der Waals surface area contributed by atoms with Gasteiger partial charge in [0.25, 0.3) is 0 Å². The number of hydrogen-bond donors (Lipinski definition) is 0. The number of halogens is 2. The van der Waals surface area contributed by atoms with Gasteiger partial charge >= 0.3 is 0 Å². The van der Waals surface area contributed by atoms with Gasteiger partial charge in [-0.2, -0.15) is 4.98 Å². The molecule has 2 heterocycles. The molecule has 3 aromatic rings. The van der Waals surface area contributed by atoms with Crippen molar-refractivity contribution in [2.24, 2.45) is 0 Å². The molecule has 0 saturated carbocycles. The summed E-state index contributed by atoms with van der Waals surface area (Å²) in [6.07, 6.45) is 0.262. The number of amides is 1. The lowest BCUT2D eigenvalue weighted by atomic mass is 10.1. The Hall–Kier alpha value is -3.13. The summed E-state index contributed by atoms with van der Waals surface area (Å²) in [6.45, 7) is 0.815. The third-order valence-corrected chi connectivity index (χ3v) is 5.32. The van der Waals surface area contributed by atoms with Gasteiger partial charge in [-0.25, -0.2) is 4.39 Å². The van der Waals surface area contributed by atoms with Crippen LogP contribution in [0.3, 0.4) is 0 Å². The van der Waals surface area contributed by atoms with Crippen LogP contribution in [-0.4, -0.2) is 41.7 Å². The van der Waals surface area contributed by atoms with Crippen molar-refractivity contribution in [2.45, 2.75) is 18.9 Å². The Morgan fingerprint density at radius 1 is 1.23 bits per heavy atom. The zero-order valence-electron chi connectivity index (χ0n) is 16.4. The third kappa shape index (κ3) is 3.95. The van der Waals surface area contributed by atoms with E-state index in [9.17, 15) is 9.18 Å². The molecule has 1 fully saturated rings. The first-order valence-electron chi connectivity index (χ1n) is 9.26. The van der Waals surface area contributed by atoms with E-state index in [4.69, 9.17) is 25.6 Å². The maximum atomic E-state index is 13.4. The fourth-order valence-corrected chi connectivity index (χ4v) is 3.64. The molecule has 1 aliphatic heterocycles. The lowest BCUT2D eigenvalue weighted by Gasteiger charge is -2.18. The van der Waals surface area contributed by atoms with Crippen LogP contribution in [0.1, 0.15) is 23.8 Å². The monoisotopic (exact) mass is 431 g/mol. The average Bonchev–Trinajstić information content (AvgIpc) is 3.37. The number of aromatic nitrogens is 2. The molecule has 0 spiro atoms. The molecule has 30 heavy (non-hydrogen) atoms. The molecule has 1 atom stereocenters. The summed E-state index contributed by atoms with van der Waals surface area (Å²) in [5.74, 6) is 1.26. The molecule has 9 heteroatoms. The highest BCUT2D eigenvalue weighted by Gasteiger charge is 2.34. The second kappa shape index (κ2) is 8.31. The molecule has 0 bridgehead atoms. The van der Waals surface area contributed by atoms with Crippen LogP contribution in [0, 0.1) is 5.82 Å². The number of benzene rings is 2. The normalized spacial score (nSPS) is 16.2. The molecule has 0 N–H and O–H groups in total. The van der Waals surface area contributed by atoms with Gasteiger partial charge in [0.05, 0.1) is 25.2 Å². The first-order valence-corrected chi connectivity index (χ1v) is 9.64. The van der Waals surface area contributed by atoms with E-state index in [1.54, 1.807) is 25.2 Å². The van der Waals surface area contributed by atoms with Gasteiger partial charge in [0, 0.05) is 30.6 Å². The summed E-state index contributed by atoms with van der Waals surface area (Å²) < 4.78 is 29.4. The SMILES string of the molecule is COc1ccc(OC)c(CN2CC(c3nc(-c4ccc(F)c(Cl)c4)no3)CC2=O)c1. The molecular weight excluding hydrogens is 413 g/mol. The van der Waals surface area contributed by atoms with Crippen LogP contribution in [-0.2, 0) is 11.3 Å². The summed E-state index contributed by atoms with van der Waals surface area (Å²) in [5, 5.41) is 3.93. The standard InChI is InChI=1S/C21H19ClFN3O4/c1-28-15-4-6-18(29-2)13(7-15)10-26-11-14(9-19(26)27)21-24-20(25-30-21)12-3-5-17(23)16(22)8-12/h3-8,14H,9-11H2,1-2H3. The lowest BCUT2D eigenvalue weighted by molar-refractivity contribution is -0.128. The van der Waals surface area contributed by atoms with Crippen LogP contribution in [0.2, 0.25) is 5.02 Å². The molecule has 1 saturated heterocycles. The second-order valence-corrected chi connectivity index (χ2v) is 7.35. The first kappa shape index (κ1) is 20.2. The summed E-state index contributed by atoms with van der Waals surface area (Å²) >= 11 is 5.83. The van der Waals surface area contributed by atoms with Crippen LogP contribution >= 0.6 is 11.6 Å². The Morgan fingerprint density at radius 3 is 2.80 bits per heavy atom. The average molecular weight is 432 g/mol. The van der Waals surface area contributed by atoms with Crippen molar-refractivity contribution in [3.8, 4) is 22.9 Å². The van der Waals surface area contributed by atoms with Gasteiger partial charge in [0.2, 0.25) is 17.6 Å². The minimum absolute atomic E-state index is 0.0190. The lowest BCUT2D eigenvalue weighted by Crippen LogP contribution is -2.24. The Bertz CT molecular complexity index is 1090. The van der Waals surface area contributed by atoms with Crippen molar-refractivity contribution in [2.75, 3.05) is 20.8 Å². The summed E-state index contributed by atoms with van der Waals surface area (Å²) in [6, 6.07) is 9.67. The summed E-state index contributed by atoms with van der Waals surface area (Å²) in [7, 11) is 3.17. The third-order valence-electron chi connectivity index (χ3n) is 5.03. The highest BCUT2D eigenvalue weighted by atomic mass is 35.5. The van der Waals surface area contributed by atoms with Crippen LogP contribution < -0.4 is 9.47 Å². The Morgan fingerprint density at radius 2 is 2.07 bits per heavy atom. The molecule has 1 aliphatic rings. The number of carbonyl (C=O) groups is 1. The van der Waals surface area contributed by atoms with Crippen molar-refractivity contribution in [3.63, 3.8) is 0 Å². The highest BCUT2D eigenvalue weighted by Crippen LogP contribution is 2.32. The quantitative estimate of drug-likeness (QED) is 0.585. The van der Waals surface area contributed by atoms with Crippen molar-refractivity contribution >= 4 is 17.5 Å². The predicted octanol–water partition coefficient (Wildman–Crippen LogP) is 4.06. The number of nitrogens with zero attached hydrogens (tertiary/aromatic N) is 3. The number of methoxy groups -OCH3 is 2. The molecule has 4 rings (SSSR count). The van der Waals surface area contributed by atoms with Gasteiger partial charge in [0.15, 0.2) is 0 Å². The highest BCUT2D eigenvalue weighted by molar-refractivity contribution is 6.31. The van der Waals surface area contributed by atoms with E-state index in [0.717, 1.165) is 5.56 Å². The summed E-state index contributed by atoms with van der Waals surface area (Å²) in [4.78, 5) is 18.7. The van der Waals surface area contributed by atoms with Gasteiger partial charge in [-0.05, 0) is 36.4 Å². The van der Waals surface area contributed by atoms with E-state index in [2.05, 4.69) is 10.1 Å². The van der Waals surface area contributed by atoms with Crippen molar-refractivity contribution in [1.29, 1.82) is 0 Å². The van der Waals surface area contributed by atoms with E-state index >= 15 is 0 Å². The van der Waals surface area contributed by atoms with Crippen LogP contribution in [0.5, 0.6) is 11.5 Å². The maximum Gasteiger partial charge on any atom is 0.232 e. The number of carbonyl (C=O) groups excluding carboxylic acids is 1. The maximum absolute atomic E-state index is 13.4. The van der Waals surface area contributed by atoms with Crippen LogP contribution in [0.4, 0.5) is 4.39 Å². The molecule has 1 unspecified atom stereocenters. The van der Waals surface area contributed by atoms with E-state index in [-0.39, 0.29) is 23.3 Å². The van der Waals surface area contributed by atoms with E-state index in [0.29, 0.717) is 41.9 Å². The molecule has 156 valence electrons. The first-order chi connectivity index (χ1) is 14.5. The minimum Gasteiger partial charge on any atom is -0.497 e. The molecule has 7 nitrogen and oxygen atoms in total. The smallest absolute Gasteiger partial charge is 0.232 e.